The number of aromatic nitrogens is 4. The smallest absolute Gasteiger partial charge is 0.214 e. The van der Waals surface area contributed by atoms with E-state index in [0.717, 1.165) is 46.6 Å². The van der Waals surface area contributed by atoms with Gasteiger partial charge in [0, 0.05) is 18.8 Å². The van der Waals surface area contributed by atoms with Crippen molar-refractivity contribution in [3.05, 3.63) is 94.0 Å². The molecule has 0 unspecified atom stereocenters. The highest BCUT2D eigenvalue weighted by molar-refractivity contribution is 7.99. The molecule has 0 saturated heterocycles. The molecule has 0 bridgehead atoms. The van der Waals surface area contributed by atoms with Crippen LogP contribution in [-0.4, -0.2) is 32.5 Å². The molecule has 0 fully saturated rings. The van der Waals surface area contributed by atoms with Crippen LogP contribution in [0, 0.1) is 0 Å². The van der Waals surface area contributed by atoms with Gasteiger partial charge >= 0.3 is 0 Å². The molecular formula is C23H21Cl2N5OS. The van der Waals surface area contributed by atoms with Gasteiger partial charge in [0.05, 0.1) is 15.7 Å². The molecule has 0 aliphatic carbocycles. The van der Waals surface area contributed by atoms with Gasteiger partial charge in [-0.1, -0.05) is 71.4 Å². The average Bonchev–Trinajstić information content (AvgIpc) is 3.29. The lowest BCUT2D eigenvalue weighted by atomic mass is 10.2. The van der Waals surface area contributed by atoms with Crippen molar-refractivity contribution in [2.45, 2.75) is 18.3 Å². The number of rotatable bonds is 10. The molecule has 0 spiro atoms. The Morgan fingerprint density at radius 2 is 1.78 bits per heavy atom. The van der Waals surface area contributed by atoms with E-state index in [1.165, 1.54) is 0 Å². The number of halogens is 2. The van der Waals surface area contributed by atoms with Crippen LogP contribution >= 0.6 is 35.0 Å². The summed E-state index contributed by atoms with van der Waals surface area (Å²) in [5, 5.41) is 17.3. The van der Waals surface area contributed by atoms with Gasteiger partial charge in [-0.2, -0.15) is 4.68 Å². The van der Waals surface area contributed by atoms with E-state index >= 15 is 0 Å². The van der Waals surface area contributed by atoms with Crippen molar-refractivity contribution < 1.29 is 4.74 Å². The molecule has 0 amide bonds. The van der Waals surface area contributed by atoms with Crippen molar-refractivity contribution in [2.24, 2.45) is 0 Å². The molecule has 0 radical (unpaired) electrons. The Balaban J connectivity index is 1.22. The number of hydrogen-bond donors (Lipinski definition) is 1. The quantitative estimate of drug-likeness (QED) is 0.238. The van der Waals surface area contributed by atoms with E-state index in [4.69, 9.17) is 27.9 Å². The summed E-state index contributed by atoms with van der Waals surface area (Å²) < 4.78 is 7.65. The van der Waals surface area contributed by atoms with Crippen molar-refractivity contribution >= 4 is 35.0 Å². The highest BCUT2D eigenvalue weighted by atomic mass is 35.5. The van der Waals surface area contributed by atoms with Crippen LogP contribution in [0.15, 0.2) is 78.0 Å². The molecule has 9 heteroatoms. The molecule has 6 nitrogen and oxygen atoms in total. The maximum Gasteiger partial charge on any atom is 0.214 e. The Labute approximate surface area is 200 Å². The van der Waals surface area contributed by atoms with E-state index in [2.05, 4.69) is 26.9 Å². The lowest BCUT2D eigenvalue weighted by molar-refractivity contribution is 0.306. The van der Waals surface area contributed by atoms with Gasteiger partial charge in [0.15, 0.2) is 0 Å². The van der Waals surface area contributed by atoms with Crippen molar-refractivity contribution in [2.75, 3.05) is 12.3 Å². The van der Waals surface area contributed by atoms with Crippen LogP contribution in [0.3, 0.4) is 0 Å². The van der Waals surface area contributed by atoms with Crippen LogP contribution < -0.4 is 10.1 Å². The summed E-state index contributed by atoms with van der Waals surface area (Å²) in [6, 6.07) is 23.4. The number of nitrogens with zero attached hydrogens (tertiary/aromatic N) is 4. The van der Waals surface area contributed by atoms with Gasteiger partial charge in [-0.15, -0.1) is 5.10 Å². The molecule has 0 atom stereocenters. The number of thioether (sulfide) groups is 1. The van der Waals surface area contributed by atoms with Gasteiger partial charge in [0.25, 0.3) is 0 Å². The minimum absolute atomic E-state index is 0.431. The Kier molecular flexibility index (Phi) is 8.01. The fourth-order valence-corrected chi connectivity index (χ4v) is 4.10. The largest absolute Gasteiger partial charge is 0.489 e. The maximum atomic E-state index is 6.07. The SMILES string of the molecule is Clc1ccc(COc2cccc(CNCCSc3nnnn3-c3ccccc3)c2)cc1Cl. The lowest BCUT2D eigenvalue weighted by Gasteiger charge is -2.10. The molecule has 32 heavy (non-hydrogen) atoms. The molecule has 1 heterocycles. The minimum atomic E-state index is 0.431. The first-order valence-corrected chi connectivity index (χ1v) is 11.8. The van der Waals surface area contributed by atoms with Gasteiger partial charge in [-0.05, 0) is 58.0 Å². The molecule has 0 saturated carbocycles. The van der Waals surface area contributed by atoms with Gasteiger partial charge in [0.1, 0.15) is 12.4 Å². The number of nitrogens with one attached hydrogen (secondary N) is 1. The highest BCUT2D eigenvalue weighted by Gasteiger charge is 2.08. The third-order valence-corrected chi connectivity index (χ3v) is 6.23. The summed E-state index contributed by atoms with van der Waals surface area (Å²) in [5.74, 6) is 1.66. The van der Waals surface area contributed by atoms with E-state index in [1.54, 1.807) is 22.5 Å². The monoisotopic (exact) mass is 485 g/mol. The maximum absolute atomic E-state index is 6.07. The first-order chi connectivity index (χ1) is 15.7. The molecule has 164 valence electrons. The summed E-state index contributed by atoms with van der Waals surface area (Å²) in [5.41, 5.74) is 3.07. The van der Waals surface area contributed by atoms with Crippen LogP contribution in [0.1, 0.15) is 11.1 Å². The Hall–Kier alpha value is -2.58. The third-order valence-electron chi connectivity index (χ3n) is 4.57. The Morgan fingerprint density at radius 3 is 2.62 bits per heavy atom. The van der Waals surface area contributed by atoms with Crippen LogP contribution in [0.5, 0.6) is 5.75 Å². The van der Waals surface area contributed by atoms with Crippen molar-refractivity contribution in [3.63, 3.8) is 0 Å². The minimum Gasteiger partial charge on any atom is -0.489 e. The standard InChI is InChI=1S/C23H21Cl2N5OS/c24-21-10-9-18(14-22(21)25)16-31-20-8-4-5-17(13-20)15-26-11-12-32-23-27-28-29-30(23)19-6-2-1-3-7-19/h1-10,13-14,26H,11-12,15-16H2. The van der Waals surface area contributed by atoms with Crippen LogP contribution in [0.2, 0.25) is 10.0 Å². The summed E-state index contributed by atoms with van der Waals surface area (Å²) in [6.07, 6.45) is 0. The molecular weight excluding hydrogens is 465 g/mol. The third kappa shape index (κ3) is 6.23. The predicted octanol–water partition coefficient (Wildman–Crippen LogP) is 5.43. The zero-order valence-corrected chi connectivity index (χ0v) is 19.4. The Morgan fingerprint density at radius 1 is 0.906 bits per heavy atom. The average molecular weight is 486 g/mol. The number of tetrazole rings is 1. The normalized spacial score (nSPS) is 10.9. The van der Waals surface area contributed by atoms with Crippen molar-refractivity contribution in [1.82, 2.24) is 25.5 Å². The summed E-state index contributed by atoms with van der Waals surface area (Å²) >= 11 is 13.6. The van der Waals surface area contributed by atoms with Crippen LogP contribution in [0.4, 0.5) is 0 Å². The molecule has 1 N–H and O–H groups in total. The lowest BCUT2D eigenvalue weighted by Crippen LogP contribution is -2.16. The van der Waals surface area contributed by atoms with E-state index in [9.17, 15) is 0 Å². The fourth-order valence-electron chi connectivity index (χ4n) is 2.99. The predicted molar refractivity (Wildman–Crippen MR) is 129 cm³/mol. The number of hydrogen-bond acceptors (Lipinski definition) is 6. The topological polar surface area (TPSA) is 64.9 Å². The van der Waals surface area contributed by atoms with Gasteiger partial charge in [-0.3, -0.25) is 0 Å². The fraction of sp³-hybridized carbons (Fsp3) is 0.174. The second kappa shape index (κ2) is 11.3. The number of para-hydroxylation sites is 1. The molecule has 0 aliphatic heterocycles. The molecule has 4 rings (SSSR count). The van der Waals surface area contributed by atoms with Crippen LogP contribution in [-0.2, 0) is 13.2 Å². The second-order valence-electron chi connectivity index (χ2n) is 6.92. The number of benzene rings is 3. The van der Waals surface area contributed by atoms with Gasteiger partial charge in [0.2, 0.25) is 5.16 Å². The summed E-state index contributed by atoms with van der Waals surface area (Å²) in [7, 11) is 0. The zero-order valence-electron chi connectivity index (χ0n) is 17.1. The van der Waals surface area contributed by atoms with Crippen molar-refractivity contribution in [3.8, 4) is 11.4 Å². The number of ether oxygens (including phenoxy) is 1. The molecule has 1 aromatic heterocycles. The van der Waals surface area contributed by atoms with E-state index in [0.29, 0.717) is 16.7 Å². The van der Waals surface area contributed by atoms with E-state index in [-0.39, 0.29) is 0 Å². The highest BCUT2D eigenvalue weighted by Crippen LogP contribution is 2.24. The Bertz CT molecular complexity index is 1160. The molecule has 4 aromatic rings. The first kappa shape index (κ1) is 22.6. The van der Waals surface area contributed by atoms with Crippen LogP contribution in [0.25, 0.3) is 5.69 Å². The molecule has 0 aliphatic rings. The van der Waals surface area contributed by atoms with E-state index in [1.807, 2.05) is 60.7 Å². The summed E-state index contributed by atoms with van der Waals surface area (Å²) in [4.78, 5) is 0. The second-order valence-corrected chi connectivity index (χ2v) is 8.80. The molecule has 3 aromatic carbocycles. The zero-order chi connectivity index (χ0) is 22.2. The van der Waals surface area contributed by atoms with Crippen molar-refractivity contribution in [1.29, 1.82) is 0 Å². The summed E-state index contributed by atoms with van der Waals surface area (Å²) in [6.45, 7) is 2.00. The van der Waals surface area contributed by atoms with Gasteiger partial charge < -0.3 is 10.1 Å². The van der Waals surface area contributed by atoms with E-state index < -0.39 is 0 Å². The first-order valence-electron chi connectivity index (χ1n) is 10.0. The van der Waals surface area contributed by atoms with Gasteiger partial charge in [-0.25, -0.2) is 0 Å².